The first kappa shape index (κ1) is 17.4. The number of thiazole rings is 1. The van der Waals surface area contributed by atoms with E-state index in [1.165, 1.54) is 11.3 Å². The van der Waals surface area contributed by atoms with E-state index in [1.54, 1.807) is 35.7 Å². The molecule has 0 aliphatic carbocycles. The van der Waals surface area contributed by atoms with Crippen LogP contribution in [0.15, 0.2) is 69.2 Å². The number of nitrogens with zero attached hydrogens (tertiary/aromatic N) is 1. The van der Waals surface area contributed by atoms with Gasteiger partial charge in [-0.2, -0.15) is 0 Å². The molecule has 8 heteroatoms. The number of rotatable bonds is 3. The van der Waals surface area contributed by atoms with Crippen molar-refractivity contribution in [3.8, 4) is 22.8 Å². The van der Waals surface area contributed by atoms with Crippen LogP contribution in [-0.4, -0.2) is 23.6 Å². The summed E-state index contributed by atoms with van der Waals surface area (Å²) in [5.41, 5.74) is 0.815. The number of amides is 1. The topological polar surface area (TPSA) is 90.7 Å². The van der Waals surface area contributed by atoms with Gasteiger partial charge in [-0.15, -0.1) is 11.3 Å². The molecular weight excluding hydrogens is 392 g/mol. The number of anilines is 1. The molecule has 5 rings (SSSR count). The van der Waals surface area contributed by atoms with Gasteiger partial charge in [0, 0.05) is 10.8 Å². The van der Waals surface area contributed by atoms with Gasteiger partial charge in [-0.1, -0.05) is 30.3 Å². The summed E-state index contributed by atoms with van der Waals surface area (Å²) in [5.74, 6) is 0.759. The average molecular weight is 406 g/mol. The number of ether oxygens (including phenoxy) is 2. The number of carbonyl (C=O) groups is 1. The molecule has 0 bridgehead atoms. The average Bonchev–Trinajstić information content (AvgIpc) is 3.21. The van der Waals surface area contributed by atoms with Crippen molar-refractivity contribution in [2.75, 3.05) is 11.9 Å². The summed E-state index contributed by atoms with van der Waals surface area (Å²) in [6.07, 6.45) is -0.789. The zero-order chi connectivity index (χ0) is 19.8. The van der Waals surface area contributed by atoms with Crippen molar-refractivity contribution in [1.82, 2.24) is 4.98 Å². The van der Waals surface area contributed by atoms with Crippen molar-refractivity contribution in [3.05, 3.63) is 70.4 Å². The third-order valence-electron chi connectivity index (χ3n) is 4.45. The molecule has 144 valence electrons. The zero-order valence-electron chi connectivity index (χ0n) is 15.0. The fraction of sp³-hybridized carbons (Fsp3) is 0.0952. The van der Waals surface area contributed by atoms with Gasteiger partial charge < -0.3 is 13.9 Å². The van der Waals surface area contributed by atoms with Gasteiger partial charge in [-0.25, -0.2) is 9.78 Å². The Kier molecular flexibility index (Phi) is 4.25. The minimum atomic E-state index is -0.789. The lowest BCUT2D eigenvalue weighted by molar-refractivity contribution is -0.125. The van der Waals surface area contributed by atoms with E-state index < -0.39 is 11.7 Å². The van der Waals surface area contributed by atoms with E-state index >= 15 is 0 Å². The van der Waals surface area contributed by atoms with Gasteiger partial charge in [-0.3, -0.25) is 10.1 Å². The van der Waals surface area contributed by atoms with Crippen LogP contribution in [0.3, 0.4) is 0 Å². The highest BCUT2D eigenvalue weighted by atomic mass is 32.1. The molecule has 29 heavy (non-hydrogen) atoms. The van der Waals surface area contributed by atoms with Crippen LogP contribution in [0, 0.1) is 0 Å². The molecule has 2 aromatic carbocycles. The van der Waals surface area contributed by atoms with Crippen LogP contribution in [0.1, 0.15) is 0 Å². The molecule has 7 nitrogen and oxygen atoms in total. The minimum absolute atomic E-state index is 0.106. The van der Waals surface area contributed by atoms with Crippen LogP contribution < -0.4 is 20.4 Å². The first-order valence-corrected chi connectivity index (χ1v) is 9.73. The van der Waals surface area contributed by atoms with Crippen LogP contribution in [0.4, 0.5) is 5.13 Å². The highest BCUT2D eigenvalue weighted by Crippen LogP contribution is 2.31. The SMILES string of the molecule is O=C(Nc1nc(-c2cc3ccccc3oc2=O)cs1)C1COc2ccccc2O1. The monoisotopic (exact) mass is 406 g/mol. The molecule has 1 aliphatic rings. The number of para-hydroxylation sites is 3. The number of aromatic nitrogens is 1. The van der Waals surface area contributed by atoms with E-state index in [0.717, 1.165) is 5.39 Å². The molecule has 0 fully saturated rings. The van der Waals surface area contributed by atoms with Gasteiger partial charge in [0.2, 0.25) is 6.10 Å². The van der Waals surface area contributed by atoms with Gasteiger partial charge >= 0.3 is 5.63 Å². The van der Waals surface area contributed by atoms with Crippen molar-refractivity contribution >= 4 is 33.3 Å². The van der Waals surface area contributed by atoms with Crippen LogP contribution in [-0.2, 0) is 4.79 Å². The Balaban J connectivity index is 1.35. The second-order valence-corrected chi connectivity index (χ2v) is 7.23. The Labute approximate surface area is 168 Å². The Morgan fingerprint density at radius 3 is 2.79 bits per heavy atom. The van der Waals surface area contributed by atoms with Crippen molar-refractivity contribution in [1.29, 1.82) is 0 Å². The van der Waals surface area contributed by atoms with Crippen molar-refractivity contribution < 1.29 is 18.7 Å². The molecule has 1 aliphatic heterocycles. The van der Waals surface area contributed by atoms with Gasteiger partial charge in [0.1, 0.15) is 12.2 Å². The molecule has 0 spiro atoms. The lowest BCUT2D eigenvalue weighted by Crippen LogP contribution is -2.40. The number of hydrogen-bond donors (Lipinski definition) is 1. The van der Waals surface area contributed by atoms with E-state index in [9.17, 15) is 9.59 Å². The Hall–Kier alpha value is -3.65. The normalized spacial score (nSPS) is 15.2. The summed E-state index contributed by atoms with van der Waals surface area (Å²) in [6.45, 7) is 0.106. The van der Waals surface area contributed by atoms with E-state index in [0.29, 0.717) is 33.5 Å². The summed E-state index contributed by atoms with van der Waals surface area (Å²) >= 11 is 1.22. The highest BCUT2D eigenvalue weighted by Gasteiger charge is 2.28. The van der Waals surface area contributed by atoms with E-state index in [2.05, 4.69) is 10.3 Å². The van der Waals surface area contributed by atoms with Crippen molar-refractivity contribution in [2.45, 2.75) is 6.10 Å². The first-order chi connectivity index (χ1) is 14.2. The summed E-state index contributed by atoms with van der Waals surface area (Å²) in [4.78, 5) is 29.2. The predicted molar refractivity (Wildman–Crippen MR) is 109 cm³/mol. The summed E-state index contributed by atoms with van der Waals surface area (Å²) in [7, 11) is 0. The second kappa shape index (κ2) is 7.06. The molecule has 1 atom stereocenters. The maximum atomic E-state index is 12.5. The summed E-state index contributed by atoms with van der Waals surface area (Å²) in [5, 5.41) is 5.58. The van der Waals surface area contributed by atoms with Gasteiger partial charge in [0.05, 0.1) is 11.3 Å². The molecular formula is C21H14N2O5S. The maximum absolute atomic E-state index is 12.5. The zero-order valence-corrected chi connectivity index (χ0v) is 15.8. The fourth-order valence-electron chi connectivity index (χ4n) is 3.03. The van der Waals surface area contributed by atoms with Gasteiger partial charge in [0.15, 0.2) is 16.6 Å². The van der Waals surface area contributed by atoms with Gasteiger partial charge in [0.25, 0.3) is 5.91 Å². The van der Waals surface area contributed by atoms with Crippen LogP contribution in [0.25, 0.3) is 22.2 Å². The lowest BCUT2D eigenvalue weighted by atomic mass is 10.1. The molecule has 0 saturated carbocycles. The van der Waals surface area contributed by atoms with Gasteiger partial charge in [-0.05, 0) is 24.3 Å². The molecule has 0 saturated heterocycles. The Morgan fingerprint density at radius 1 is 1.10 bits per heavy atom. The summed E-state index contributed by atoms with van der Waals surface area (Å²) in [6, 6.07) is 16.2. The molecule has 4 aromatic rings. The number of benzene rings is 2. The van der Waals surface area contributed by atoms with Crippen molar-refractivity contribution in [3.63, 3.8) is 0 Å². The Bertz CT molecular complexity index is 1280. The number of hydrogen-bond acceptors (Lipinski definition) is 7. The molecule has 0 radical (unpaired) electrons. The number of carbonyl (C=O) groups excluding carboxylic acids is 1. The maximum Gasteiger partial charge on any atom is 0.345 e. The fourth-order valence-corrected chi connectivity index (χ4v) is 3.74. The summed E-state index contributed by atoms with van der Waals surface area (Å²) < 4.78 is 16.6. The molecule has 2 aromatic heterocycles. The first-order valence-electron chi connectivity index (χ1n) is 8.85. The van der Waals surface area contributed by atoms with E-state index in [1.807, 2.05) is 24.3 Å². The van der Waals surface area contributed by atoms with E-state index in [-0.39, 0.29) is 12.5 Å². The lowest BCUT2D eigenvalue weighted by Gasteiger charge is -2.25. The third kappa shape index (κ3) is 3.34. The van der Waals surface area contributed by atoms with Crippen molar-refractivity contribution in [2.24, 2.45) is 0 Å². The highest BCUT2D eigenvalue weighted by molar-refractivity contribution is 7.14. The standard InChI is InChI=1S/C21H14N2O5S/c24-19(18-10-26-16-7-3-4-8-17(16)27-18)23-21-22-14(11-29-21)13-9-12-5-1-2-6-15(12)28-20(13)25/h1-9,11,18H,10H2,(H,22,23,24). The Morgan fingerprint density at radius 2 is 1.90 bits per heavy atom. The van der Waals surface area contributed by atoms with Crippen LogP contribution in [0.2, 0.25) is 0 Å². The molecule has 3 heterocycles. The number of nitrogens with one attached hydrogen (secondary N) is 1. The largest absolute Gasteiger partial charge is 0.485 e. The van der Waals surface area contributed by atoms with Crippen LogP contribution in [0.5, 0.6) is 11.5 Å². The molecule has 1 N–H and O–H groups in total. The van der Waals surface area contributed by atoms with E-state index in [4.69, 9.17) is 13.9 Å². The number of fused-ring (bicyclic) bond motifs is 2. The smallest absolute Gasteiger partial charge is 0.345 e. The van der Waals surface area contributed by atoms with Crippen LogP contribution >= 0.6 is 11.3 Å². The predicted octanol–water partition coefficient (Wildman–Crippen LogP) is 3.70. The second-order valence-electron chi connectivity index (χ2n) is 6.38. The molecule has 1 unspecified atom stereocenters. The quantitative estimate of drug-likeness (QED) is 0.522. The third-order valence-corrected chi connectivity index (χ3v) is 5.21. The minimum Gasteiger partial charge on any atom is -0.485 e. The molecule has 1 amide bonds.